The van der Waals surface area contributed by atoms with Crippen LogP contribution in [0, 0.1) is 11.6 Å². The Morgan fingerprint density at radius 2 is 1.65 bits per heavy atom. The summed E-state index contributed by atoms with van der Waals surface area (Å²) < 4.78 is 26.2. The number of benzene rings is 3. The molecular weight excluding hydrogens is 340 g/mol. The van der Waals surface area contributed by atoms with Gasteiger partial charge in [0.05, 0.1) is 0 Å². The van der Waals surface area contributed by atoms with Gasteiger partial charge in [0.1, 0.15) is 6.04 Å². The molecule has 1 amide bonds. The third-order valence-corrected chi connectivity index (χ3v) is 4.04. The highest BCUT2D eigenvalue weighted by Crippen LogP contribution is 2.17. The lowest BCUT2D eigenvalue weighted by atomic mass is 10.0. The van der Waals surface area contributed by atoms with Crippen molar-refractivity contribution in [2.24, 2.45) is 0 Å². The molecular formula is C20H15F2NO3. The molecule has 0 fully saturated rings. The Balaban J connectivity index is 1.78. The van der Waals surface area contributed by atoms with E-state index in [1.165, 1.54) is 0 Å². The zero-order valence-corrected chi connectivity index (χ0v) is 13.6. The van der Waals surface area contributed by atoms with Crippen LogP contribution in [0.15, 0.2) is 60.7 Å². The van der Waals surface area contributed by atoms with Crippen molar-refractivity contribution in [1.29, 1.82) is 0 Å². The molecule has 0 aliphatic rings. The van der Waals surface area contributed by atoms with Crippen LogP contribution in [-0.4, -0.2) is 23.0 Å². The Kier molecular flexibility index (Phi) is 4.93. The minimum absolute atomic E-state index is 0.0651. The SMILES string of the molecule is O=C(N[C@H](Cc1ccc2ccccc2c1)C(=O)O)c1ccc(F)c(F)c1. The van der Waals surface area contributed by atoms with Crippen molar-refractivity contribution in [1.82, 2.24) is 5.32 Å². The Bertz CT molecular complexity index is 988. The van der Waals surface area contributed by atoms with Gasteiger partial charge < -0.3 is 10.4 Å². The molecule has 0 spiro atoms. The van der Waals surface area contributed by atoms with E-state index < -0.39 is 29.6 Å². The Morgan fingerprint density at radius 1 is 0.923 bits per heavy atom. The van der Waals surface area contributed by atoms with Crippen molar-refractivity contribution in [2.75, 3.05) is 0 Å². The lowest BCUT2D eigenvalue weighted by molar-refractivity contribution is -0.139. The Labute approximate surface area is 148 Å². The highest BCUT2D eigenvalue weighted by Gasteiger charge is 2.22. The van der Waals surface area contributed by atoms with Gasteiger partial charge in [0.2, 0.25) is 0 Å². The van der Waals surface area contributed by atoms with Crippen LogP contribution in [0.2, 0.25) is 0 Å². The monoisotopic (exact) mass is 355 g/mol. The quantitative estimate of drug-likeness (QED) is 0.736. The molecule has 0 saturated heterocycles. The first kappa shape index (κ1) is 17.5. The normalized spacial score (nSPS) is 11.9. The van der Waals surface area contributed by atoms with E-state index in [-0.39, 0.29) is 12.0 Å². The minimum Gasteiger partial charge on any atom is -0.480 e. The van der Waals surface area contributed by atoms with Gasteiger partial charge in [-0.2, -0.15) is 0 Å². The van der Waals surface area contributed by atoms with E-state index in [9.17, 15) is 23.5 Å². The van der Waals surface area contributed by atoms with Crippen LogP contribution in [0.4, 0.5) is 8.78 Å². The molecule has 26 heavy (non-hydrogen) atoms. The van der Waals surface area contributed by atoms with E-state index in [4.69, 9.17) is 0 Å². The molecule has 0 unspecified atom stereocenters. The topological polar surface area (TPSA) is 66.4 Å². The average Bonchev–Trinajstić information content (AvgIpc) is 2.63. The molecule has 0 radical (unpaired) electrons. The number of carboxylic acid groups (broad SMARTS) is 1. The van der Waals surface area contributed by atoms with Crippen molar-refractivity contribution < 1.29 is 23.5 Å². The Morgan fingerprint density at radius 3 is 2.35 bits per heavy atom. The number of rotatable bonds is 5. The largest absolute Gasteiger partial charge is 0.480 e. The van der Waals surface area contributed by atoms with E-state index in [2.05, 4.69) is 5.32 Å². The van der Waals surface area contributed by atoms with Gasteiger partial charge in [0.25, 0.3) is 5.91 Å². The molecule has 1 atom stereocenters. The summed E-state index contributed by atoms with van der Waals surface area (Å²) in [5, 5.41) is 13.7. The van der Waals surface area contributed by atoms with Gasteiger partial charge in [-0.3, -0.25) is 4.79 Å². The van der Waals surface area contributed by atoms with E-state index >= 15 is 0 Å². The standard InChI is InChI=1S/C20H15F2NO3/c21-16-8-7-15(11-17(16)22)19(24)23-18(20(25)26)10-12-5-6-13-3-1-2-4-14(13)9-12/h1-9,11,18H,10H2,(H,23,24)(H,25,26)/t18-/m1/s1. The van der Waals surface area contributed by atoms with Gasteiger partial charge >= 0.3 is 5.97 Å². The van der Waals surface area contributed by atoms with E-state index in [1.54, 1.807) is 6.07 Å². The fourth-order valence-corrected chi connectivity index (χ4v) is 2.68. The number of hydrogen-bond acceptors (Lipinski definition) is 2. The van der Waals surface area contributed by atoms with E-state index in [0.29, 0.717) is 0 Å². The fourth-order valence-electron chi connectivity index (χ4n) is 2.68. The molecule has 6 heteroatoms. The first-order chi connectivity index (χ1) is 12.4. The molecule has 2 N–H and O–H groups in total. The smallest absolute Gasteiger partial charge is 0.326 e. The summed E-state index contributed by atoms with van der Waals surface area (Å²) in [5.74, 6) is -4.24. The summed E-state index contributed by atoms with van der Waals surface area (Å²) in [7, 11) is 0. The van der Waals surface area contributed by atoms with Gasteiger partial charge in [0, 0.05) is 12.0 Å². The first-order valence-corrected chi connectivity index (χ1v) is 7.90. The molecule has 3 rings (SSSR count). The van der Waals surface area contributed by atoms with Crippen LogP contribution in [-0.2, 0) is 11.2 Å². The molecule has 0 aromatic heterocycles. The second-order valence-electron chi connectivity index (χ2n) is 5.88. The number of carbonyl (C=O) groups is 2. The first-order valence-electron chi connectivity index (χ1n) is 7.90. The maximum atomic E-state index is 13.3. The molecule has 0 heterocycles. The number of nitrogens with one attached hydrogen (secondary N) is 1. The van der Waals surface area contributed by atoms with Crippen LogP contribution >= 0.6 is 0 Å². The fraction of sp³-hybridized carbons (Fsp3) is 0.100. The molecule has 0 saturated carbocycles. The molecule has 3 aromatic carbocycles. The van der Waals surface area contributed by atoms with Crippen molar-refractivity contribution in [3.05, 3.63) is 83.4 Å². The van der Waals surface area contributed by atoms with Crippen LogP contribution in [0.5, 0.6) is 0 Å². The van der Waals surface area contributed by atoms with Gasteiger partial charge in [-0.25, -0.2) is 13.6 Å². The van der Waals surface area contributed by atoms with E-state index in [1.807, 2.05) is 36.4 Å². The summed E-state index contributed by atoms with van der Waals surface area (Å²) in [4.78, 5) is 23.7. The highest BCUT2D eigenvalue weighted by molar-refractivity contribution is 5.96. The average molecular weight is 355 g/mol. The molecule has 3 aromatic rings. The minimum atomic E-state index is -1.21. The lowest BCUT2D eigenvalue weighted by Gasteiger charge is -2.15. The maximum Gasteiger partial charge on any atom is 0.326 e. The lowest BCUT2D eigenvalue weighted by Crippen LogP contribution is -2.42. The van der Waals surface area contributed by atoms with Gasteiger partial charge in [0.15, 0.2) is 11.6 Å². The summed E-state index contributed by atoms with van der Waals surface area (Å²) >= 11 is 0. The summed E-state index contributed by atoms with van der Waals surface area (Å²) in [6.45, 7) is 0. The van der Waals surface area contributed by atoms with Crippen molar-refractivity contribution >= 4 is 22.6 Å². The van der Waals surface area contributed by atoms with Crippen LogP contribution in [0.3, 0.4) is 0 Å². The molecule has 0 aliphatic heterocycles. The molecule has 0 aliphatic carbocycles. The van der Waals surface area contributed by atoms with Crippen LogP contribution < -0.4 is 5.32 Å². The number of aliphatic carboxylic acids is 1. The third-order valence-electron chi connectivity index (χ3n) is 4.04. The van der Waals surface area contributed by atoms with Crippen LogP contribution in [0.25, 0.3) is 10.8 Å². The summed E-state index contributed by atoms with van der Waals surface area (Å²) in [6, 6.07) is 14.6. The second kappa shape index (κ2) is 7.31. The molecule has 132 valence electrons. The molecule has 0 bridgehead atoms. The van der Waals surface area contributed by atoms with Gasteiger partial charge in [-0.15, -0.1) is 0 Å². The van der Waals surface area contributed by atoms with Crippen LogP contribution in [0.1, 0.15) is 15.9 Å². The Hall–Kier alpha value is -3.28. The van der Waals surface area contributed by atoms with Gasteiger partial charge in [-0.1, -0.05) is 42.5 Å². The number of hydrogen-bond donors (Lipinski definition) is 2. The predicted molar refractivity (Wildman–Crippen MR) is 92.9 cm³/mol. The van der Waals surface area contributed by atoms with E-state index in [0.717, 1.165) is 34.5 Å². The summed E-state index contributed by atoms with van der Waals surface area (Å²) in [6.07, 6.45) is 0.0651. The third kappa shape index (κ3) is 3.85. The number of halogens is 2. The number of carbonyl (C=O) groups excluding carboxylic acids is 1. The molecule has 4 nitrogen and oxygen atoms in total. The van der Waals surface area contributed by atoms with Gasteiger partial charge in [-0.05, 0) is 34.5 Å². The predicted octanol–water partition coefficient (Wildman–Crippen LogP) is 3.54. The highest BCUT2D eigenvalue weighted by atomic mass is 19.2. The zero-order chi connectivity index (χ0) is 18.7. The zero-order valence-electron chi connectivity index (χ0n) is 13.6. The second-order valence-corrected chi connectivity index (χ2v) is 5.88. The number of fused-ring (bicyclic) bond motifs is 1. The van der Waals surface area contributed by atoms with Crippen molar-refractivity contribution in [3.63, 3.8) is 0 Å². The number of carboxylic acids is 1. The number of amides is 1. The van der Waals surface area contributed by atoms with Crippen molar-refractivity contribution in [3.8, 4) is 0 Å². The van der Waals surface area contributed by atoms with Crippen molar-refractivity contribution in [2.45, 2.75) is 12.5 Å². The maximum absolute atomic E-state index is 13.3. The summed E-state index contributed by atoms with van der Waals surface area (Å²) in [5.41, 5.74) is 0.593.